The van der Waals surface area contributed by atoms with Crippen molar-refractivity contribution < 1.29 is 12.8 Å². The topological polar surface area (TPSA) is 74.0 Å². The highest BCUT2D eigenvalue weighted by atomic mass is 35.5. The smallest absolute Gasteiger partial charge is 0.270 e. The summed E-state index contributed by atoms with van der Waals surface area (Å²) in [5.41, 5.74) is -0.622. The third-order valence-corrected chi connectivity index (χ3v) is 4.79. The number of pyridine rings is 1. The van der Waals surface area contributed by atoms with E-state index in [9.17, 15) is 17.6 Å². The standard InChI is InChI=1S/C14H13ClFN3O3S/c1-5-6-19-12(10(16)7-9(15)13(19)20)11-8(2)14(18(3)17-11)23(4,21)22/h1,7H,6H2,2-4H3. The number of aromatic nitrogens is 3. The van der Waals surface area contributed by atoms with E-state index < -0.39 is 21.2 Å². The van der Waals surface area contributed by atoms with Crippen molar-refractivity contribution in [3.63, 3.8) is 0 Å². The SMILES string of the molecule is C#CCn1c(-c2nn(C)c(S(C)(=O)=O)c2C)c(F)cc(Cl)c1=O. The van der Waals surface area contributed by atoms with E-state index in [1.807, 2.05) is 0 Å². The zero-order valence-corrected chi connectivity index (χ0v) is 14.2. The molecule has 0 aliphatic carbocycles. The monoisotopic (exact) mass is 357 g/mol. The van der Waals surface area contributed by atoms with E-state index in [0.717, 1.165) is 21.6 Å². The fraction of sp³-hybridized carbons (Fsp3) is 0.286. The molecule has 2 rings (SSSR count). The Morgan fingerprint density at radius 2 is 2.09 bits per heavy atom. The molecule has 23 heavy (non-hydrogen) atoms. The first kappa shape index (κ1) is 17.2. The second-order valence-corrected chi connectivity index (χ2v) is 7.30. The zero-order valence-electron chi connectivity index (χ0n) is 12.6. The van der Waals surface area contributed by atoms with Crippen LogP contribution in [-0.2, 0) is 23.4 Å². The molecule has 6 nitrogen and oxygen atoms in total. The van der Waals surface area contributed by atoms with Crippen molar-refractivity contribution in [3.05, 3.63) is 32.8 Å². The molecule has 0 saturated carbocycles. The van der Waals surface area contributed by atoms with Crippen LogP contribution in [0.1, 0.15) is 5.56 Å². The molecule has 122 valence electrons. The molecule has 2 heterocycles. The van der Waals surface area contributed by atoms with Gasteiger partial charge in [0.25, 0.3) is 5.56 Å². The summed E-state index contributed by atoms with van der Waals surface area (Å²) in [7, 11) is -2.16. The maximum atomic E-state index is 14.4. The van der Waals surface area contributed by atoms with Gasteiger partial charge in [0.1, 0.15) is 16.4 Å². The molecule has 0 unspecified atom stereocenters. The van der Waals surface area contributed by atoms with Crippen LogP contribution in [-0.4, -0.2) is 29.0 Å². The van der Waals surface area contributed by atoms with E-state index in [1.165, 1.54) is 14.0 Å². The number of sulfone groups is 1. The molecular formula is C14H13ClFN3O3S. The summed E-state index contributed by atoms with van der Waals surface area (Å²) in [6.45, 7) is 1.26. The highest BCUT2D eigenvalue weighted by molar-refractivity contribution is 7.90. The van der Waals surface area contributed by atoms with E-state index in [0.29, 0.717) is 0 Å². The van der Waals surface area contributed by atoms with Crippen molar-refractivity contribution in [2.45, 2.75) is 18.5 Å². The lowest BCUT2D eigenvalue weighted by Crippen LogP contribution is -2.23. The van der Waals surface area contributed by atoms with Gasteiger partial charge in [0.15, 0.2) is 20.7 Å². The Bertz CT molecular complexity index is 1000. The lowest BCUT2D eigenvalue weighted by atomic mass is 10.2. The van der Waals surface area contributed by atoms with Crippen LogP contribution in [0.15, 0.2) is 15.9 Å². The van der Waals surface area contributed by atoms with Crippen LogP contribution in [0.2, 0.25) is 5.02 Å². The lowest BCUT2D eigenvalue weighted by molar-refractivity contribution is 0.581. The van der Waals surface area contributed by atoms with Crippen LogP contribution in [0, 0.1) is 25.1 Å². The molecule has 0 radical (unpaired) electrons. The van der Waals surface area contributed by atoms with E-state index >= 15 is 0 Å². The van der Waals surface area contributed by atoms with E-state index in [2.05, 4.69) is 11.0 Å². The van der Waals surface area contributed by atoms with Crippen molar-refractivity contribution in [1.82, 2.24) is 14.3 Å². The summed E-state index contributed by atoms with van der Waals surface area (Å²) >= 11 is 5.70. The minimum Gasteiger partial charge on any atom is -0.291 e. The fourth-order valence-electron chi connectivity index (χ4n) is 2.44. The molecule has 0 aromatic carbocycles. The Morgan fingerprint density at radius 1 is 1.48 bits per heavy atom. The van der Waals surface area contributed by atoms with Crippen LogP contribution in [0.5, 0.6) is 0 Å². The minimum absolute atomic E-state index is 0.0226. The summed E-state index contributed by atoms with van der Waals surface area (Å²) in [4.78, 5) is 12.1. The second kappa shape index (κ2) is 5.83. The van der Waals surface area contributed by atoms with Gasteiger partial charge < -0.3 is 0 Å². The number of aryl methyl sites for hydroxylation is 1. The summed E-state index contributed by atoms with van der Waals surface area (Å²) in [5.74, 6) is 1.43. The highest BCUT2D eigenvalue weighted by Crippen LogP contribution is 2.29. The molecule has 2 aromatic rings. The number of terminal acetylenes is 1. The van der Waals surface area contributed by atoms with Gasteiger partial charge >= 0.3 is 0 Å². The predicted octanol–water partition coefficient (Wildman–Crippen LogP) is 1.39. The maximum Gasteiger partial charge on any atom is 0.270 e. The molecular weight excluding hydrogens is 345 g/mol. The fourth-order valence-corrected chi connectivity index (χ4v) is 3.81. The summed E-state index contributed by atoms with van der Waals surface area (Å²) in [5, 5.41) is 3.66. The van der Waals surface area contributed by atoms with Crippen LogP contribution in [0.25, 0.3) is 11.4 Å². The van der Waals surface area contributed by atoms with E-state index in [-0.39, 0.29) is 33.5 Å². The first-order chi connectivity index (χ1) is 10.6. The lowest BCUT2D eigenvalue weighted by Gasteiger charge is -2.11. The first-order valence-corrected chi connectivity index (χ1v) is 8.62. The van der Waals surface area contributed by atoms with Crippen molar-refractivity contribution in [1.29, 1.82) is 0 Å². The van der Waals surface area contributed by atoms with Crippen molar-refractivity contribution in [2.75, 3.05) is 6.26 Å². The van der Waals surface area contributed by atoms with Gasteiger partial charge in [0.05, 0.1) is 6.54 Å². The van der Waals surface area contributed by atoms with Crippen LogP contribution in [0.4, 0.5) is 4.39 Å². The highest BCUT2D eigenvalue weighted by Gasteiger charge is 2.26. The third-order valence-electron chi connectivity index (χ3n) is 3.24. The molecule has 2 aromatic heterocycles. The Hall–Kier alpha value is -2.11. The van der Waals surface area contributed by atoms with Crippen molar-refractivity contribution >= 4 is 21.4 Å². The number of hydrogen-bond acceptors (Lipinski definition) is 4. The summed E-state index contributed by atoms with van der Waals surface area (Å²) in [6, 6.07) is 0.862. The third kappa shape index (κ3) is 2.90. The normalized spacial score (nSPS) is 11.5. The van der Waals surface area contributed by atoms with Crippen LogP contribution in [0.3, 0.4) is 0 Å². The molecule has 0 aliphatic rings. The van der Waals surface area contributed by atoms with Gasteiger partial charge in [-0.05, 0) is 6.92 Å². The van der Waals surface area contributed by atoms with Crippen LogP contribution >= 0.6 is 11.6 Å². The Labute approximate surface area is 137 Å². The molecule has 0 aliphatic heterocycles. The zero-order chi connectivity index (χ0) is 17.5. The largest absolute Gasteiger partial charge is 0.291 e. The van der Waals surface area contributed by atoms with Gasteiger partial charge in [0, 0.05) is 24.9 Å². The number of hydrogen-bond donors (Lipinski definition) is 0. The van der Waals surface area contributed by atoms with Gasteiger partial charge in [-0.1, -0.05) is 17.5 Å². The Kier molecular flexibility index (Phi) is 4.37. The van der Waals surface area contributed by atoms with Gasteiger partial charge in [-0.25, -0.2) is 12.8 Å². The van der Waals surface area contributed by atoms with Crippen molar-refractivity contribution in [2.24, 2.45) is 7.05 Å². The van der Waals surface area contributed by atoms with Gasteiger partial charge in [0.2, 0.25) is 0 Å². The molecule has 0 N–H and O–H groups in total. The Balaban J connectivity index is 2.92. The maximum absolute atomic E-state index is 14.4. The summed E-state index contributed by atoms with van der Waals surface area (Å²) < 4.78 is 40.2. The number of halogens is 2. The molecule has 0 amide bonds. The molecule has 0 spiro atoms. The Morgan fingerprint density at radius 3 is 2.57 bits per heavy atom. The quantitative estimate of drug-likeness (QED) is 0.778. The molecule has 0 bridgehead atoms. The molecule has 9 heteroatoms. The van der Waals surface area contributed by atoms with Gasteiger partial charge in [-0.3, -0.25) is 14.0 Å². The van der Waals surface area contributed by atoms with Gasteiger partial charge in [-0.15, -0.1) is 6.42 Å². The molecule has 0 atom stereocenters. The first-order valence-electron chi connectivity index (χ1n) is 6.36. The van der Waals surface area contributed by atoms with E-state index in [4.69, 9.17) is 18.0 Å². The summed E-state index contributed by atoms with van der Waals surface area (Å²) in [6.07, 6.45) is 6.24. The van der Waals surface area contributed by atoms with E-state index in [1.54, 1.807) is 0 Å². The molecule has 0 fully saturated rings. The van der Waals surface area contributed by atoms with Gasteiger partial charge in [-0.2, -0.15) is 5.10 Å². The number of nitrogens with zero attached hydrogens (tertiary/aromatic N) is 3. The minimum atomic E-state index is -3.58. The van der Waals surface area contributed by atoms with Crippen molar-refractivity contribution in [3.8, 4) is 23.7 Å². The van der Waals surface area contributed by atoms with Crippen LogP contribution < -0.4 is 5.56 Å². The average Bonchev–Trinajstić information content (AvgIpc) is 2.70. The predicted molar refractivity (Wildman–Crippen MR) is 84.6 cm³/mol. The second-order valence-electron chi connectivity index (χ2n) is 4.96. The number of rotatable bonds is 3. The molecule has 0 saturated heterocycles. The average molecular weight is 358 g/mol.